The smallest absolute Gasteiger partial charge is 0.180 e. The first-order valence-corrected chi connectivity index (χ1v) is 4.01. The van der Waals surface area contributed by atoms with Gasteiger partial charge in [0.15, 0.2) is 5.78 Å². The number of fused-ring (bicyclic) bond motifs is 1. The summed E-state index contributed by atoms with van der Waals surface area (Å²) >= 11 is 0. The van der Waals surface area contributed by atoms with Crippen LogP contribution in [0.1, 0.15) is 23.2 Å². The second-order valence-electron chi connectivity index (χ2n) is 2.93. The van der Waals surface area contributed by atoms with E-state index < -0.39 is 0 Å². The molecular formula is C9H9N3O. The van der Waals surface area contributed by atoms with Crippen molar-refractivity contribution in [3.8, 4) is 0 Å². The summed E-state index contributed by atoms with van der Waals surface area (Å²) in [6.07, 6.45) is 1.61. The molecule has 0 aromatic carbocycles. The minimum absolute atomic E-state index is 0.0582. The van der Waals surface area contributed by atoms with Crippen molar-refractivity contribution in [3.05, 3.63) is 23.8 Å². The van der Waals surface area contributed by atoms with E-state index in [1.54, 1.807) is 6.20 Å². The molecule has 2 heterocycles. The first kappa shape index (κ1) is 7.91. The van der Waals surface area contributed by atoms with Crippen molar-refractivity contribution in [3.63, 3.8) is 0 Å². The number of nitrogens with one attached hydrogen (secondary N) is 1. The normalized spacial score (nSPS) is 10.6. The van der Waals surface area contributed by atoms with Gasteiger partial charge in [0, 0.05) is 13.1 Å². The van der Waals surface area contributed by atoms with Gasteiger partial charge in [-0.25, -0.2) is 4.98 Å². The Labute approximate surface area is 75.0 Å². The zero-order valence-electron chi connectivity index (χ0n) is 7.46. The Kier molecular flexibility index (Phi) is 1.62. The molecule has 4 nitrogen and oxygen atoms in total. The minimum atomic E-state index is -0.0582. The van der Waals surface area contributed by atoms with Gasteiger partial charge in [0.1, 0.15) is 17.0 Å². The average molecular weight is 175 g/mol. The lowest BCUT2D eigenvalue weighted by Gasteiger charge is -1.93. The van der Waals surface area contributed by atoms with Gasteiger partial charge < -0.3 is 4.98 Å². The second kappa shape index (κ2) is 2.65. The molecule has 0 aliphatic carbocycles. The molecule has 0 spiro atoms. The molecule has 2 aromatic rings. The fourth-order valence-corrected chi connectivity index (χ4v) is 1.32. The van der Waals surface area contributed by atoms with Crippen LogP contribution < -0.4 is 0 Å². The van der Waals surface area contributed by atoms with E-state index in [4.69, 9.17) is 0 Å². The van der Waals surface area contributed by atoms with Gasteiger partial charge in [-0.05, 0) is 13.0 Å². The van der Waals surface area contributed by atoms with Crippen LogP contribution in [-0.4, -0.2) is 20.7 Å². The molecule has 66 valence electrons. The number of carbonyl (C=O) groups excluding carboxylic acids is 1. The van der Waals surface area contributed by atoms with Crippen molar-refractivity contribution in [2.24, 2.45) is 0 Å². The van der Waals surface area contributed by atoms with Crippen LogP contribution in [0.2, 0.25) is 0 Å². The highest BCUT2D eigenvalue weighted by Crippen LogP contribution is 2.13. The number of Topliss-reactive ketones (excluding diaryl/α,β-unsaturated/α-hetero) is 1. The monoisotopic (exact) mass is 175 g/mol. The molecule has 0 bridgehead atoms. The lowest BCUT2D eigenvalue weighted by molar-refractivity contribution is 0.101. The number of pyridine rings is 1. The third-order valence-electron chi connectivity index (χ3n) is 1.85. The highest BCUT2D eigenvalue weighted by Gasteiger charge is 2.09. The summed E-state index contributed by atoms with van der Waals surface area (Å²) in [5, 5.41) is 0. The standard InChI is InChI=1S/C9H9N3O/c1-5(13)8-9-7(3-4-10-8)11-6(2)12-9/h3-4H,1-2H3,(H,11,12). The summed E-state index contributed by atoms with van der Waals surface area (Å²) in [6.45, 7) is 3.34. The van der Waals surface area contributed by atoms with Crippen LogP contribution in [-0.2, 0) is 0 Å². The molecule has 2 aromatic heterocycles. The van der Waals surface area contributed by atoms with Crippen molar-refractivity contribution < 1.29 is 4.79 Å². The van der Waals surface area contributed by atoms with Gasteiger partial charge in [-0.2, -0.15) is 0 Å². The van der Waals surface area contributed by atoms with Gasteiger partial charge in [-0.15, -0.1) is 0 Å². The van der Waals surface area contributed by atoms with Crippen LogP contribution >= 0.6 is 0 Å². The molecule has 0 unspecified atom stereocenters. The molecule has 13 heavy (non-hydrogen) atoms. The SMILES string of the molecule is CC(=O)c1nccc2[nH]c(C)nc12. The number of aromatic amines is 1. The third-order valence-corrected chi connectivity index (χ3v) is 1.85. The van der Waals surface area contributed by atoms with Gasteiger partial charge in [0.05, 0.1) is 5.52 Å². The Morgan fingerprint density at radius 2 is 2.31 bits per heavy atom. The van der Waals surface area contributed by atoms with Crippen LogP contribution in [0.15, 0.2) is 12.3 Å². The minimum Gasteiger partial charge on any atom is -0.342 e. The molecule has 0 aliphatic heterocycles. The maximum atomic E-state index is 11.2. The Balaban J connectivity index is 2.82. The van der Waals surface area contributed by atoms with Gasteiger partial charge in [0.25, 0.3) is 0 Å². The molecule has 2 rings (SSSR count). The number of aromatic nitrogens is 3. The Hall–Kier alpha value is -1.71. The third kappa shape index (κ3) is 1.20. The summed E-state index contributed by atoms with van der Waals surface area (Å²) in [5.74, 6) is 0.739. The van der Waals surface area contributed by atoms with E-state index in [-0.39, 0.29) is 5.78 Å². The fourth-order valence-electron chi connectivity index (χ4n) is 1.32. The largest absolute Gasteiger partial charge is 0.342 e. The number of imidazole rings is 1. The van der Waals surface area contributed by atoms with Crippen molar-refractivity contribution >= 4 is 16.8 Å². The molecule has 0 atom stereocenters. The summed E-state index contributed by atoms with van der Waals surface area (Å²) in [7, 11) is 0. The Morgan fingerprint density at radius 3 is 3.00 bits per heavy atom. The van der Waals surface area contributed by atoms with E-state index in [0.29, 0.717) is 11.2 Å². The summed E-state index contributed by atoms with van der Waals surface area (Å²) in [4.78, 5) is 22.4. The molecule has 0 saturated heterocycles. The molecule has 0 radical (unpaired) electrons. The van der Waals surface area contributed by atoms with Crippen LogP contribution in [0.3, 0.4) is 0 Å². The quantitative estimate of drug-likeness (QED) is 0.667. The molecular weight excluding hydrogens is 166 g/mol. The zero-order chi connectivity index (χ0) is 9.42. The van der Waals surface area contributed by atoms with Gasteiger partial charge in [-0.1, -0.05) is 0 Å². The Bertz CT molecular complexity index is 473. The van der Waals surface area contributed by atoms with Crippen molar-refractivity contribution in [2.45, 2.75) is 13.8 Å². The molecule has 1 N–H and O–H groups in total. The maximum Gasteiger partial charge on any atom is 0.180 e. The first-order chi connectivity index (χ1) is 6.18. The summed E-state index contributed by atoms with van der Waals surface area (Å²) < 4.78 is 0. The van der Waals surface area contributed by atoms with Gasteiger partial charge >= 0.3 is 0 Å². The number of aryl methyl sites for hydroxylation is 1. The topological polar surface area (TPSA) is 58.6 Å². The van der Waals surface area contributed by atoms with E-state index in [9.17, 15) is 4.79 Å². The summed E-state index contributed by atoms with van der Waals surface area (Å²) in [6, 6.07) is 1.81. The highest BCUT2D eigenvalue weighted by molar-refractivity contribution is 6.02. The lowest BCUT2D eigenvalue weighted by atomic mass is 10.2. The van der Waals surface area contributed by atoms with Gasteiger partial charge in [-0.3, -0.25) is 9.78 Å². The van der Waals surface area contributed by atoms with Crippen molar-refractivity contribution in [2.75, 3.05) is 0 Å². The zero-order valence-corrected chi connectivity index (χ0v) is 7.46. The number of rotatable bonds is 1. The average Bonchev–Trinajstić information content (AvgIpc) is 2.43. The van der Waals surface area contributed by atoms with E-state index >= 15 is 0 Å². The van der Waals surface area contributed by atoms with E-state index in [0.717, 1.165) is 11.3 Å². The number of ketones is 1. The molecule has 0 fully saturated rings. The molecule has 0 amide bonds. The van der Waals surface area contributed by atoms with Crippen LogP contribution in [0.25, 0.3) is 11.0 Å². The Morgan fingerprint density at radius 1 is 1.54 bits per heavy atom. The van der Waals surface area contributed by atoms with Crippen LogP contribution in [0.4, 0.5) is 0 Å². The molecule has 4 heteroatoms. The number of H-pyrrole nitrogens is 1. The highest BCUT2D eigenvalue weighted by atomic mass is 16.1. The second-order valence-corrected chi connectivity index (χ2v) is 2.93. The predicted molar refractivity (Wildman–Crippen MR) is 48.6 cm³/mol. The maximum absolute atomic E-state index is 11.2. The van der Waals surface area contributed by atoms with Crippen LogP contribution in [0.5, 0.6) is 0 Å². The van der Waals surface area contributed by atoms with E-state index in [1.165, 1.54) is 6.92 Å². The van der Waals surface area contributed by atoms with Gasteiger partial charge in [0.2, 0.25) is 0 Å². The molecule has 0 saturated carbocycles. The first-order valence-electron chi connectivity index (χ1n) is 4.01. The van der Waals surface area contributed by atoms with Crippen molar-refractivity contribution in [1.29, 1.82) is 0 Å². The number of hydrogen-bond acceptors (Lipinski definition) is 3. The molecule has 0 aliphatic rings. The van der Waals surface area contributed by atoms with Crippen molar-refractivity contribution in [1.82, 2.24) is 15.0 Å². The predicted octanol–water partition coefficient (Wildman–Crippen LogP) is 1.47. The summed E-state index contributed by atoms with van der Waals surface area (Å²) in [5.41, 5.74) is 1.95. The number of hydrogen-bond donors (Lipinski definition) is 1. The number of carbonyl (C=O) groups is 1. The van der Waals surface area contributed by atoms with E-state index in [2.05, 4.69) is 15.0 Å². The fraction of sp³-hybridized carbons (Fsp3) is 0.222. The van der Waals surface area contributed by atoms with Crippen LogP contribution in [0, 0.1) is 6.92 Å². The number of nitrogens with zero attached hydrogens (tertiary/aromatic N) is 2. The van der Waals surface area contributed by atoms with E-state index in [1.807, 2.05) is 13.0 Å². The lowest BCUT2D eigenvalue weighted by Crippen LogP contribution is -1.97.